The predicted octanol–water partition coefficient (Wildman–Crippen LogP) is 3.50. The SMILES string of the molecule is O=C(COc1ccc2oc3c(c2c1)CCCC3)Nc1ccc2[nH]c(=O)[nH]c2c1. The van der Waals surface area contributed by atoms with E-state index in [1.54, 1.807) is 18.2 Å². The number of furan rings is 1. The van der Waals surface area contributed by atoms with Crippen LogP contribution in [0.15, 0.2) is 45.6 Å². The number of fused-ring (bicyclic) bond motifs is 4. The number of aryl methyl sites for hydroxylation is 2. The van der Waals surface area contributed by atoms with Crippen LogP contribution in [-0.2, 0) is 17.6 Å². The molecule has 0 saturated carbocycles. The van der Waals surface area contributed by atoms with E-state index in [1.807, 2.05) is 18.2 Å². The van der Waals surface area contributed by atoms with Crippen molar-refractivity contribution in [2.24, 2.45) is 0 Å². The zero-order chi connectivity index (χ0) is 19.1. The summed E-state index contributed by atoms with van der Waals surface area (Å²) in [5.74, 6) is 1.45. The Hall–Kier alpha value is -3.48. The second-order valence-corrected chi connectivity index (χ2v) is 7.05. The zero-order valence-electron chi connectivity index (χ0n) is 15.1. The van der Waals surface area contributed by atoms with Gasteiger partial charge in [-0.15, -0.1) is 0 Å². The molecular formula is C21H19N3O4. The lowest BCUT2D eigenvalue weighted by atomic mass is 9.96. The van der Waals surface area contributed by atoms with Gasteiger partial charge in [-0.05, 0) is 55.7 Å². The monoisotopic (exact) mass is 377 g/mol. The summed E-state index contributed by atoms with van der Waals surface area (Å²) in [5.41, 5.74) is 3.78. The standard InChI is InChI=1S/C21H19N3O4/c25-20(22-12-5-7-16-17(9-12)24-21(26)23-16)11-27-13-6-8-19-15(10-13)14-3-1-2-4-18(14)28-19/h5-10H,1-4,11H2,(H,22,25)(H2,23,24,26). The number of hydrogen-bond acceptors (Lipinski definition) is 4. The summed E-state index contributed by atoms with van der Waals surface area (Å²) >= 11 is 0. The van der Waals surface area contributed by atoms with E-state index < -0.39 is 0 Å². The predicted molar refractivity (Wildman–Crippen MR) is 106 cm³/mol. The van der Waals surface area contributed by atoms with Crippen LogP contribution < -0.4 is 15.7 Å². The number of rotatable bonds is 4. The highest BCUT2D eigenvalue weighted by molar-refractivity contribution is 5.94. The highest BCUT2D eigenvalue weighted by Gasteiger charge is 2.18. The molecule has 1 aliphatic carbocycles. The fraction of sp³-hybridized carbons (Fsp3) is 0.238. The summed E-state index contributed by atoms with van der Waals surface area (Å²) in [6.07, 6.45) is 4.35. The van der Waals surface area contributed by atoms with Crippen molar-refractivity contribution >= 4 is 33.6 Å². The first-order chi connectivity index (χ1) is 13.7. The number of carbonyl (C=O) groups is 1. The first kappa shape index (κ1) is 16.7. The Labute approximate surface area is 159 Å². The van der Waals surface area contributed by atoms with Crippen LogP contribution in [0.3, 0.4) is 0 Å². The fourth-order valence-corrected chi connectivity index (χ4v) is 3.79. The molecule has 0 radical (unpaired) electrons. The summed E-state index contributed by atoms with van der Waals surface area (Å²) in [6, 6.07) is 10.8. The van der Waals surface area contributed by atoms with Crippen molar-refractivity contribution in [1.29, 1.82) is 0 Å². The molecule has 2 aromatic carbocycles. The maximum absolute atomic E-state index is 12.2. The summed E-state index contributed by atoms with van der Waals surface area (Å²) in [5, 5.41) is 3.86. The molecule has 3 N–H and O–H groups in total. The third-order valence-corrected chi connectivity index (χ3v) is 5.10. The molecule has 1 aliphatic rings. The van der Waals surface area contributed by atoms with Gasteiger partial charge in [-0.2, -0.15) is 0 Å². The molecule has 2 heterocycles. The molecule has 0 bridgehead atoms. The molecule has 7 heteroatoms. The second-order valence-electron chi connectivity index (χ2n) is 7.05. The van der Waals surface area contributed by atoms with Crippen molar-refractivity contribution < 1.29 is 13.9 Å². The quantitative estimate of drug-likeness (QED) is 0.507. The average Bonchev–Trinajstić information content (AvgIpc) is 3.25. The first-order valence-electron chi connectivity index (χ1n) is 9.35. The molecule has 4 aromatic rings. The van der Waals surface area contributed by atoms with Crippen LogP contribution in [0.2, 0.25) is 0 Å². The van der Waals surface area contributed by atoms with Gasteiger partial charge in [0.2, 0.25) is 0 Å². The normalized spacial score (nSPS) is 13.6. The van der Waals surface area contributed by atoms with Crippen LogP contribution in [-0.4, -0.2) is 22.5 Å². The highest BCUT2D eigenvalue weighted by Crippen LogP contribution is 2.33. The molecule has 0 spiro atoms. The van der Waals surface area contributed by atoms with Gasteiger partial charge in [0.25, 0.3) is 5.91 Å². The third-order valence-electron chi connectivity index (χ3n) is 5.10. The Morgan fingerprint density at radius 1 is 1.07 bits per heavy atom. The largest absolute Gasteiger partial charge is 0.484 e. The molecule has 0 unspecified atom stereocenters. The van der Waals surface area contributed by atoms with Gasteiger partial charge in [-0.1, -0.05) is 0 Å². The summed E-state index contributed by atoms with van der Waals surface area (Å²) in [6.45, 7) is -0.104. The van der Waals surface area contributed by atoms with E-state index in [-0.39, 0.29) is 18.2 Å². The zero-order valence-corrected chi connectivity index (χ0v) is 15.1. The van der Waals surface area contributed by atoms with Gasteiger partial charge in [0.15, 0.2) is 6.61 Å². The maximum Gasteiger partial charge on any atom is 0.323 e. The Morgan fingerprint density at radius 2 is 1.93 bits per heavy atom. The van der Waals surface area contributed by atoms with Crippen molar-refractivity contribution in [2.45, 2.75) is 25.7 Å². The van der Waals surface area contributed by atoms with Gasteiger partial charge in [-0.3, -0.25) is 4.79 Å². The molecular weight excluding hydrogens is 358 g/mol. The number of anilines is 1. The van der Waals surface area contributed by atoms with E-state index in [1.165, 1.54) is 18.4 Å². The highest BCUT2D eigenvalue weighted by atomic mass is 16.5. The average molecular weight is 377 g/mol. The molecule has 1 amide bonds. The molecule has 142 valence electrons. The van der Waals surface area contributed by atoms with Crippen LogP contribution in [0.4, 0.5) is 5.69 Å². The van der Waals surface area contributed by atoms with E-state index >= 15 is 0 Å². The van der Waals surface area contributed by atoms with Gasteiger partial charge < -0.3 is 24.4 Å². The van der Waals surface area contributed by atoms with Gasteiger partial charge >= 0.3 is 5.69 Å². The number of ether oxygens (including phenoxy) is 1. The van der Waals surface area contributed by atoms with Crippen LogP contribution >= 0.6 is 0 Å². The molecule has 2 aromatic heterocycles. The van der Waals surface area contributed by atoms with Gasteiger partial charge in [0.1, 0.15) is 17.1 Å². The van der Waals surface area contributed by atoms with Crippen LogP contribution in [0.25, 0.3) is 22.0 Å². The van der Waals surface area contributed by atoms with Crippen molar-refractivity contribution in [3.63, 3.8) is 0 Å². The van der Waals surface area contributed by atoms with E-state index in [4.69, 9.17) is 9.15 Å². The van der Waals surface area contributed by atoms with E-state index in [0.29, 0.717) is 22.5 Å². The number of nitrogens with one attached hydrogen (secondary N) is 3. The number of imidazole rings is 1. The van der Waals surface area contributed by atoms with Crippen LogP contribution in [0.1, 0.15) is 24.2 Å². The topological polar surface area (TPSA) is 100 Å². The third kappa shape index (κ3) is 3.05. The minimum Gasteiger partial charge on any atom is -0.484 e. The first-order valence-corrected chi connectivity index (χ1v) is 9.35. The van der Waals surface area contributed by atoms with Crippen LogP contribution in [0.5, 0.6) is 5.75 Å². The van der Waals surface area contributed by atoms with Crippen molar-refractivity contribution in [1.82, 2.24) is 9.97 Å². The number of aromatic nitrogens is 2. The Morgan fingerprint density at radius 3 is 2.86 bits per heavy atom. The molecule has 0 atom stereocenters. The Balaban J connectivity index is 1.28. The number of H-pyrrole nitrogens is 2. The van der Waals surface area contributed by atoms with E-state index in [0.717, 1.165) is 29.6 Å². The smallest absolute Gasteiger partial charge is 0.323 e. The van der Waals surface area contributed by atoms with Gasteiger partial charge in [-0.25, -0.2) is 4.79 Å². The molecule has 0 aliphatic heterocycles. The van der Waals surface area contributed by atoms with Gasteiger partial charge in [0, 0.05) is 23.1 Å². The number of aromatic amines is 2. The Bertz CT molecular complexity index is 1250. The lowest BCUT2D eigenvalue weighted by Gasteiger charge is -2.09. The molecule has 0 saturated heterocycles. The van der Waals surface area contributed by atoms with Crippen molar-refractivity contribution in [3.05, 3.63) is 58.2 Å². The van der Waals surface area contributed by atoms with Crippen molar-refractivity contribution in [3.8, 4) is 5.75 Å². The second kappa shape index (κ2) is 6.60. The number of benzene rings is 2. The Kier molecular flexibility index (Phi) is 3.93. The summed E-state index contributed by atoms with van der Waals surface area (Å²) in [4.78, 5) is 28.9. The molecule has 7 nitrogen and oxygen atoms in total. The molecule has 5 rings (SSSR count). The lowest BCUT2D eigenvalue weighted by molar-refractivity contribution is -0.118. The number of hydrogen-bond donors (Lipinski definition) is 3. The minimum absolute atomic E-state index is 0.104. The van der Waals surface area contributed by atoms with E-state index in [2.05, 4.69) is 15.3 Å². The van der Waals surface area contributed by atoms with Crippen LogP contribution in [0, 0.1) is 0 Å². The maximum atomic E-state index is 12.2. The molecule has 28 heavy (non-hydrogen) atoms. The van der Waals surface area contributed by atoms with Crippen molar-refractivity contribution in [2.75, 3.05) is 11.9 Å². The van der Waals surface area contributed by atoms with Gasteiger partial charge in [0.05, 0.1) is 11.0 Å². The fourth-order valence-electron chi connectivity index (χ4n) is 3.79. The summed E-state index contributed by atoms with van der Waals surface area (Å²) < 4.78 is 11.6. The van der Waals surface area contributed by atoms with E-state index in [9.17, 15) is 9.59 Å². The minimum atomic E-state index is -0.279. The summed E-state index contributed by atoms with van der Waals surface area (Å²) in [7, 11) is 0. The molecule has 0 fully saturated rings. The number of carbonyl (C=O) groups excluding carboxylic acids is 1. The number of amides is 1. The lowest BCUT2D eigenvalue weighted by Crippen LogP contribution is -2.20.